The highest BCUT2D eigenvalue weighted by Crippen LogP contribution is 2.17. The van der Waals surface area contributed by atoms with Crippen molar-refractivity contribution in [3.8, 4) is 11.5 Å². The van der Waals surface area contributed by atoms with Gasteiger partial charge in [-0.1, -0.05) is 0 Å². The molecule has 0 spiro atoms. The quantitative estimate of drug-likeness (QED) is 0.856. The van der Waals surface area contributed by atoms with Crippen LogP contribution in [0.25, 0.3) is 11.5 Å². The van der Waals surface area contributed by atoms with Gasteiger partial charge in [0.1, 0.15) is 5.69 Å². The molecule has 1 aliphatic rings. The molecule has 0 radical (unpaired) electrons. The van der Waals surface area contributed by atoms with Gasteiger partial charge in [-0.05, 0) is 31.0 Å². The highest BCUT2D eigenvalue weighted by atomic mass is 16.3. The lowest BCUT2D eigenvalue weighted by atomic mass is 9.96. The minimum Gasteiger partial charge on any atom is -0.463 e. The van der Waals surface area contributed by atoms with E-state index in [1.807, 2.05) is 0 Å². The molecule has 0 unspecified atom stereocenters. The molecular formula is C18H22N4O4. The Labute approximate surface area is 150 Å². The molecule has 2 amide bonds. The van der Waals surface area contributed by atoms with E-state index in [0.29, 0.717) is 43.9 Å². The Morgan fingerprint density at radius 3 is 2.69 bits per heavy atom. The first-order chi connectivity index (χ1) is 12.5. The average molecular weight is 358 g/mol. The van der Waals surface area contributed by atoms with Crippen molar-refractivity contribution in [3.05, 3.63) is 40.9 Å². The molecule has 0 bridgehead atoms. The number of carbonyl (C=O) groups excluding carboxylic acids is 2. The van der Waals surface area contributed by atoms with Crippen molar-refractivity contribution in [2.75, 3.05) is 19.6 Å². The Morgan fingerprint density at radius 2 is 2.04 bits per heavy atom. The summed E-state index contributed by atoms with van der Waals surface area (Å²) in [6.45, 7) is 3.37. The largest absolute Gasteiger partial charge is 0.463 e. The van der Waals surface area contributed by atoms with Crippen LogP contribution >= 0.6 is 0 Å². The van der Waals surface area contributed by atoms with E-state index >= 15 is 0 Å². The summed E-state index contributed by atoms with van der Waals surface area (Å²) in [5, 5.41) is 7.13. The zero-order valence-corrected chi connectivity index (χ0v) is 14.7. The number of nitrogens with zero attached hydrogens (tertiary/aromatic N) is 3. The molecule has 1 N–H and O–H groups in total. The van der Waals surface area contributed by atoms with Crippen LogP contribution in [0.2, 0.25) is 0 Å². The summed E-state index contributed by atoms with van der Waals surface area (Å²) in [5.74, 6) is 0.499. The zero-order valence-electron chi connectivity index (χ0n) is 14.7. The van der Waals surface area contributed by atoms with Crippen molar-refractivity contribution in [2.24, 2.45) is 5.92 Å². The Hall–Kier alpha value is -2.90. The van der Waals surface area contributed by atoms with Gasteiger partial charge in [-0.25, -0.2) is 4.68 Å². The van der Waals surface area contributed by atoms with Gasteiger partial charge in [0.15, 0.2) is 5.76 Å². The number of hydrogen-bond donors (Lipinski definition) is 1. The lowest BCUT2D eigenvalue weighted by Crippen LogP contribution is -2.43. The molecule has 138 valence electrons. The second-order valence-corrected chi connectivity index (χ2v) is 6.33. The van der Waals surface area contributed by atoms with Crippen LogP contribution in [0.4, 0.5) is 0 Å². The summed E-state index contributed by atoms with van der Waals surface area (Å²) >= 11 is 0. The molecule has 2 aromatic heterocycles. The average Bonchev–Trinajstić information content (AvgIpc) is 3.18. The third-order valence-corrected chi connectivity index (χ3v) is 4.57. The van der Waals surface area contributed by atoms with Crippen LogP contribution in [0.15, 0.2) is 39.7 Å². The topological polar surface area (TPSA) is 97.4 Å². The molecule has 0 aromatic carbocycles. The zero-order chi connectivity index (χ0) is 18.5. The van der Waals surface area contributed by atoms with Gasteiger partial charge in [-0.2, -0.15) is 5.10 Å². The fourth-order valence-corrected chi connectivity index (χ4v) is 3.05. The van der Waals surface area contributed by atoms with Gasteiger partial charge in [-0.15, -0.1) is 0 Å². The van der Waals surface area contributed by atoms with E-state index in [1.165, 1.54) is 10.7 Å². The van der Waals surface area contributed by atoms with Crippen molar-refractivity contribution in [1.82, 2.24) is 20.0 Å². The van der Waals surface area contributed by atoms with E-state index in [9.17, 15) is 14.4 Å². The van der Waals surface area contributed by atoms with Crippen LogP contribution in [-0.2, 0) is 16.1 Å². The molecular weight excluding hydrogens is 336 g/mol. The molecule has 1 aliphatic heterocycles. The highest BCUT2D eigenvalue weighted by molar-refractivity contribution is 5.79. The fourth-order valence-electron chi connectivity index (χ4n) is 3.05. The molecule has 3 rings (SSSR count). The number of furan rings is 1. The van der Waals surface area contributed by atoms with Crippen molar-refractivity contribution < 1.29 is 14.0 Å². The number of likely N-dealkylation sites (tertiary alicyclic amines) is 1. The Morgan fingerprint density at radius 1 is 1.27 bits per heavy atom. The Balaban J connectivity index is 1.52. The SMILES string of the molecule is CC(=O)N1CCC(C(=O)NCCn2nc(-c3ccco3)ccc2=O)CC1. The number of rotatable bonds is 5. The molecule has 0 atom stereocenters. The van der Waals surface area contributed by atoms with Crippen molar-refractivity contribution in [3.63, 3.8) is 0 Å². The van der Waals surface area contributed by atoms with Gasteiger partial charge < -0.3 is 14.6 Å². The molecule has 1 fully saturated rings. The fraction of sp³-hybridized carbons (Fsp3) is 0.444. The number of amides is 2. The Bertz CT molecular complexity index is 820. The molecule has 0 saturated carbocycles. The van der Waals surface area contributed by atoms with Crippen molar-refractivity contribution >= 4 is 11.8 Å². The number of hydrogen-bond acceptors (Lipinski definition) is 5. The van der Waals surface area contributed by atoms with E-state index in [4.69, 9.17) is 4.42 Å². The van der Waals surface area contributed by atoms with Gasteiger partial charge in [0.2, 0.25) is 11.8 Å². The molecule has 1 saturated heterocycles. The first-order valence-corrected chi connectivity index (χ1v) is 8.70. The van der Waals surface area contributed by atoms with Crippen LogP contribution in [0, 0.1) is 5.92 Å². The number of carbonyl (C=O) groups is 2. The van der Waals surface area contributed by atoms with E-state index in [0.717, 1.165) is 0 Å². The maximum Gasteiger partial charge on any atom is 0.266 e. The van der Waals surface area contributed by atoms with Crippen molar-refractivity contribution in [2.45, 2.75) is 26.3 Å². The van der Waals surface area contributed by atoms with Crippen LogP contribution in [0.3, 0.4) is 0 Å². The summed E-state index contributed by atoms with van der Waals surface area (Å²) < 4.78 is 6.60. The van der Waals surface area contributed by atoms with E-state index in [-0.39, 0.29) is 29.8 Å². The van der Waals surface area contributed by atoms with Gasteiger partial charge in [0.05, 0.1) is 12.8 Å². The van der Waals surface area contributed by atoms with Gasteiger partial charge in [0.25, 0.3) is 5.56 Å². The maximum atomic E-state index is 12.3. The lowest BCUT2D eigenvalue weighted by molar-refractivity contribution is -0.133. The van der Waals surface area contributed by atoms with E-state index in [2.05, 4.69) is 10.4 Å². The molecule has 3 heterocycles. The summed E-state index contributed by atoms with van der Waals surface area (Å²) in [4.78, 5) is 37.3. The number of nitrogens with one attached hydrogen (secondary N) is 1. The Kier molecular flexibility index (Phi) is 5.50. The summed E-state index contributed by atoms with van der Waals surface area (Å²) in [6.07, 6.45) is 2.87. The summed E-state index contributed by atoms with van der Waals surface area (Å²) in [6, 6.07) is 6.57. The molecule has 8 heteroatoms. The van der Waals surface area contributed by atoms with E-state index < -0.39 is 0 Å². The normalized spacial score (nSPS) is 15.0. The standard InChI is InChI=1S/C18H22N4O4/c1-13(23)21-9-6-14(7-10-21)18(25)19-8-11-22-17(24)5-4-15(20-22)16-3-2-12-26-16/h2-5,12,14H,6-11H2,1H3,(H,19,25). The summed E-state index contributed by atoms with van der Waals surface area (Å²) in [5.41, 5.74) is 0.335. The first-order valence-electron chi connectivity index (χ1n) is 8.70. The van der Waals surface area contributed by atoms with Crippen LogP contribution in [0.1, 0.15) is 19.8 Å². The summed E-state index contributed by atoms with van der Waals surface area (Å²) in [7, 11) is 0. The first kappa shape index (κ1) is 17.9. The van der Waals surface area contributed by atoms with Crippen LogP contribution in [-0.4, -0.2) is 46.1 Å². The number of piperidine rings is 1. The molecule has 0 aliphatic carbocycles. The van der Waals surface area contributed by atoms with Gasteiger partial charge >= 0.3 is 0 Å². The minimum atomic E-state index is -0.232. The third-order valence-electron chi connectivity index (χ3n) is 4.57. The number of aromatic nitrogens is 2. The van der Waals surface area contributed by atoms with Crippen LogP contribution in [0.5, 0.6) is 0 Å². The van der Waals surface area contributed by atoms with Crippen LogP contribution < -0.4 is 10.9 Å². The van der Waals surface area contributed by atoms with Gasteiger partial charge in [-0.3, -0.25) is 14.4 Å². The molecule has 8 nitrogen and oxygen atoms in total. The van der Waals surface area contributed by atoms with E-state index in [1.54, 1.807) is 36.3 Å². The monoisotopic (exact) mass is 358 g/mol. The molecule has 2 aromatic rings. The minimum absolute atomic E-state index is 0.0385. The smallest absolute Gasteiger partial charge is 0.266 e. The molecule has 26 heavy (non-hydrogen) atoms. The lowest BCUT2D eigenvalue weighted by Gasteiger charge is -2.30. The second-order valence-electron chi connectivity index (χ2n) is 6.33. The maximum absolute atomic E-state index is 12.3. The predicted molar refractivity (Wildman–Crippen MR) is 94.2 cm³/mol. The second kappa shape index (κ2) is 7.99. The third kappa shape index (κ3) is 4.19. The predicted octanol–water partition coefficient (Wildman–Crippen LogP) is 0.878. The highest BCUT2D eigenvalue weighted by Gasteiger charge is 2.25. The van der Waals surface area contributed by atoms with Gasteiger partial charge in [0, 0.05) is 38.5 Å². The van der Waals surface area contributed by atoms with Crippen molar-refractivity contribution in [1.29, 1.82) is 0 Å².